The molecule has 8 nitrogen and oxygen atoms in total. The molecule has 0 radical (unpaired) electrons. The van der Waals surface area contributed by atoms with Crippen LogP contribution in [0.2, 0.25) is 0 Å². The van der Waals surface area contributed by atoms with Crippen LogP contribution >= 0.6 is 0 Å². The number of hydrogen-bond donors (Lipinski definition) is 3. The quantitative estimate of drug-likeness (QED) is 0.610. The summed E-state index contributed by atoms with van der Waals surface area (Å²) >= 11 is 0. The van der Waals surface area contributed by atoms with Crippen molar-refractivity contribution in [2.24, 2.45) is 0 Å². The summed E-state index contributed by atoms with van der Waals surface area (Å²) < 4.78 is 0. The van der Waals surface area contributed by atoms with Crippen molar-refractivity contribution >= 4 is 23.6 Å². The van der Waals surface area contributed by atoms with Gasteiger partial charge < -0.3 is 15.7 Å². The Balaban J connectivity index is 2.31. The zero-order chi connectivity index (χ0) is 15.7. The van der Waals surface area contributed by atoms with E-state index in [0.29, 0.717) is 13.0 Å². The van der Waals surface area contributed by atoms with Crippen LogP contribution in [0.5, 0.6) is 0 Å². The van der Waals surface area contributed by atoms with Crippen molar-refractivity contribution in [3.05, 3.63) is 18.1 Å². The first-order valence-corrected chi connectivity index (χ1v) is 6.59. The Labute approximate surface area is 122 Å². The van der Waals surface area contributed by atoms with Crippen LogP contribution in [0.4, 0.5) is 5.82 Å². The van der Waals surface area contributed by atoms with Crippen LogP contribution in [0.25, 0.3) is 0 Å². The minimum absolute atomic E-state index is 0.0479. The summed E-state index contributed by atoms with van der Waals surface area (Å²) in [7, 11) is 0. The third-order valence-electron chi connectivity index (χ3n) is 2.61. The van der Waals surface area contributed by atoms with Crippen molar-refractivity contribution in [3.8, 4) is 0 Å². The summed E-state index contributed by atoms with van der Waals surface area (Å²) in [6, 6.07) is 0. The maximum Gasteiger partial charge on any atom is 0.358 e. The number of hydrogen-bond acceptors (Lipinski definition) is 5. The van der Waals surface area contributed by atoms with Gasteiger partial charge in [-0.25, -0.2) is 14.8 Å². The molecule has 3 N–H and O–H groups in total. The van der Waals surface area contributed by atoms with Crippen molar-refractivity contribution in [1.29, 1.82) is 0 Å². The Morgan fingerprint density at radius 3 is 2.52 bits per heavy atom. The van der Waals surface area contributed by atoms with Gasteiger partial charge in [0.2, 0.25) is 11.8 Å². The van der Waals surface area contributed by atoms with Gasteiger partial charge in [-0.1, -0.05) is 6.42 Å². The summed E-state index contributed by atoms with van der Waals surface area (Å²) in [5.41, 5.74) is -0.281. The SMILES string of the molecule is CC(=O)NCCCCCC(=O)Nc1nccnc1C(=O)O. The molecule has 1 heterocycles. The van der Waals surface area contributed by atoms with Gasteiger partial charge in [0.25, 0.3) is 0 Å². The van der Waals surface area contributed by atoms with E-state index in [0.717, 1.165) is 12.8 Å². The lowest BCUT2D eigenvalue weighted by Crippen LogP contribution is -2.21. The van der Waals surface area contributed by atoms with Gasteiger partial charge in [-0.05, 0) is 12.8 Å². The molecule has 1 rings (SSSR count). The molecule has 1 aromatic heterocycles. The molecule has 0 saturated heterocycles. The molecule has 2 amide bonds. The van der Waals surface area contributed by atoms with Crippen molar-refractivity contribution in [2.75, 3.05) is 11.9 Å². The first kappa shape index (κ1) is 16.5. The van der Waals surface area contributed by atoms with Crippen molar-refractivity contribution in [1.82, 2.24) is 15.3 Å². The number of aromatic carboxylic acids is 1. The number of anilines is 1. The summed E-state index contributed by atoms with van der Waals surface area (Å²) in [4.78, 5) is 40.7. The maximum atomic E-state index is 11.7. The molecule has 0 bridgehead atoms. The minimum atomic E-state index is -1.24. The molecule has 0 aliphatic carbocycles. The Morgan fingerprint density at radius 1 is 1.14 bits per heavy atom. The Hall–Kier alpha value is -2.51. The highest BCUT2D eigenvalue weighted by molar-refractivity contribution is 5.97. The molecule has 0 fully saturated rings. The Kier molecular flexibility index (Phi) is 6.79. The van der Waals surface area contributed by atoms with E-state index in [9.17, 15) is 14.4 Å². The number of carbonyl (C=O) groups is 3. The van der Waals surface area contributed by atoms with Crippen LogP contribution in [0.3, 0.4) is 0 Å². The van der Waals surface area contributed by atoms with Crippen LogP contribution in [-0.4, -0.2) is 39.4 Å². The summed E-state index contributed by atoms with van der Waals surface area (Å²) in [5, 5.41) is 14.0. The average Bonchev–Trinajstić information content (AvgIpc) is 2.42. The third kappa shape index (κ3) is 6.46. The molecule has 0 unspecified atom stereocenters. The van der Waals surface area contributed by atoms with Crippen LogP contribution < -0.4 is 10.6 Å². The largest absolute Gasteiger partial charge is 0.476 e. The van der Waals surface area contributed by atoms with E-state index in [4.69, 9.17) is 5.11 Å². The molecular weight excluding hydrogens is 276 g/mol. The van der Waals surface area contributed by atoms with E-state index in [1.54, 1.807) is 0 Å². The van der Waals surface area contributed by atoms with Gasteiger partial charge in [0, 0.05) is 32.3 Å². The maximum absolute atomic E-state index is 11.7. The molecule has 0 aromatic carbocycles. The van der Waals surface area contributed by atoms with Crippen molar-refractivity contribution in [2.45, 2.75) is 32.6 Å². The minimum Gasteiger partial charge on any atom is -0.476 e. The molecule has 1 aromatic rings. The first-order valence-electron chi connectivity index (χ1n) is 6.59. The average molecular weight is 294 g/mol. The van der Waals surface area contributed by atoms with Crippen LogP contribution in [0.15, 0.2) is 12.4 Å². The smallest absolute Gasteiger partial charge is 0.358 e. The lowest BCUT2D eigenvalue weighted by Gasteiger charge is -2.06. The van der Waals surface area contributed by atoms with Gasteiger partial charge in [-0.3, -0.25) is 9.59 Å². The summed E-state index contributed by atoms with van der Waals surface area (Å²) in [6.07, 6.45) is 5.05. The monoisotopic (exact) mass is 294 g/mol. The molecule has 0 aliphatic rings. The molecule has 0 aliphatic heterocycles. The first-order chi connectivity index (χ1) is 10.0. The van der Waals surface area contributed by atoms with Gasteiger partial charge in [-0.2, -0.15) is 0 Å². The number of unbranched alkanes of at least 4 members (excludes halogenated alkanes) is 2. The third-order valence-corrected chi connectivity index (χ3v) is 2.61. The fraction of sp³-hybridized carbons (Fsp3) is 0.462. The lowest BCUT2D eigenvalue weighted by atomic mass is 10.2. The number of carboxylic acid groups (broad SMARTS) is 1. The fourth-order valence-electron chi connectivity index (χ4n) is 1.63. The zero-order valence-electron chi connectivity index (χ0n) is 11.8. The second-order valence-corrected chi connectivity index (χ2v) is 4.40. The highest BCUT2D eigenvalue weighted by Gasteiger charge is 2.14. The number of rotatable bonds is 8. The Morgan fingerprint density at radius 2 is 1.86 bits per heavy atom. The topological polar surface area (TPSA) is 121 Å². The molecule has 114 valence electrons. The number of carboxylic acids is 1. The predicted octanol–water partition coefficient (Wildman–Crippen LogP) is 0.810. The number of nitrogens with zero attached hydrogens (tertiary/aromatic N) is 2. The standard InChI is InChI=1S/C13H18N4O4/c1-9(18)14-6-4-2-3-5-10(19)17-12-11(13(20)21)15-7-8-16-12/h7-8H,2-6H2,1H3,(H,14,18)(H,20,21)(H,16,17,19). The fourth-order valence-corrected chi connectivity index (χ4v) is 1.63. The zero-order valence-corrected chi connectivity index (χ0v) is 11.8. The van der Waals surface area contributed by atoms with Crippen LogP contribution in [0.1, 0.15) is 43.1 Å². The van der Waals surface area contributed by atoms with Gasteiger partial charge in [0.1, 0.15) is 0 Å². The summed E-state index contributed by atoms with van der Waals surface area (Å²) in [5.74, 6) is -1.67. The molecule has 8 heteroatoms. The molecule has 0 atom stereocenters. The van der Waals surface area contributed by atoms with Crippen molar-refractivity contribution in [3.63, 3.8) is 0 Å². The van der Waals surface area contributed by atoms with E-state index in [1.807, 2.05) is 0 Å². The molecular formula is C13H18N4O4. The van der Waals surface area contributed by atoms with E-state index in [-0.39, 0.29) is 29.7 Å². The predicted molar refractivity (Wildman–Crippen MR) is 74.8 cm³/mol. The van der Waals surface area contributed by atoms with E-state index in [2.05, 4.69) is 20.6 Å². The number of nitrogens with one attached hydrogen (secondary N) is 2. The molecule has 21 heavy (non-hydrogen) atoms. The number of aromatic nitrogens is 2. The number of amides is 2. The second kappa shape index (κ2) is 8.62. The summed E-state index contributed by atoms with van der Waals surface area (Å²) in [6.45, 7) is 2.04. The highest BCUT2D eigenvalue weighted by Crippen LogP contribution is 2.09. The highest BCUT2D eigenvalue weighted by atomic mass is 16.4. The van der Waals surface area contributed by atoms with Gasteiger partial charge in [0.15, 0.2) is 11.5 Å². The Bertz CT molecular complexity index is 519. The lowest BCUT2D eigenvalue weighted by molar-refractivity contribution is -0.119. The van der Waals surface area contributed by atoms with Crippen molar-refractivity contribution < 1.29 is 19.5 Å². The van der Waals surface area contributed by atoms with E-state index < -0.39 is 5.97 Å². The molecule has 0 saturated carbocycles. The normalized spacial score (nSPS) is 9.95. The number of carbonyl (C=O) groups excluding carboxylic acids is 2. The second-order valence-electron chi connectivity index (χ2n) is 4.40. The van der Waals surface area contributed by atoms with E-state index in [1.165, 1.54) is 19.3 Å². The molecule has 0 spiro atoms. The van der Waals surface area contributed by atoms with E-state index >= 15 is 0 Å². The van der Waals surface area contributed by atoms with Gasteiger partial charge in [-0.15, -0.1) is 0 Å². The van der Waals surface area contributed by atoms with Crippen LogP contribution in [-0.2, 0) is 9.59 Å². The van der Waals surface area contributed by atoms with Gasteiger partial charge >= 0.3 is 5.97 Å². The van der Waals surface area contributed by atoms with Gasteiger partial charge in [0.05, 0.1) is 0 Å². The van der Waals surface area contributed by atoms with Crippen LogP contribution in [0, 0.1) is 0 Å².